The molecule has 3 rings (SSSR count). The van der Waals surface area contributed by atoms with E-state index in [-0.39, 0.29) is 0 Å². The number of pyridine rings is 1. The van der Waals surface area contributed by atoms with Crippen molar-refractivity contribution in [3.63, 3.8) is 0 Å². The van der Waals surface area contributed by atoms with Gasteiger partial charge in [0.1, 0.15) is 0 Å². The summed E-state index contributed by atoms with van der Waals surface area (Å²) < 4.78 is 0. The third-order valence-corrected chi connectivity index (χ3v) is 5.58. The Labute approximate surface area is 153 Å². The number of rotatable bonds is 6. The number of aromatic nitrogens is 1. The smallest absolute Gasteiger partial charge is 0.0466 e. The summed E-state index contributed by atoms with van der Waals surface area (Å²) in [5.41, 5.74) is 5.73. The van der Waals surface area contributed by atoms with Gasteiger partial charge in [0.2, 0.25) is 0 Å². The Hall–Kier alpha value is -1.67. The van der Waals surface area contributed by atoms with Crippen LogP contribution in [0.3, 0.4) is 0 Å². The average molecular weight is 337 g/mol. The Kier molecular flexibility index (Phi) is 5.58. The van der Waals surface area contributed by atoms with Crippen molar-refractivity contribution in [2.75, 3.05) is 6.54 Å². The molecule has 1 aromatic carbocycles. The zero-order valence-electron chi connectivity index (χ0n) is 16.4. The van der Waals surface area contributed by atoms with E-state index in [0.717, 1.165) is 19.5 Å². The molecule has 134 valence electrons. The highest BCUT2D eigenvalue weighted by Crippen LogP contribution is 2.39. The molecule has 1 aliphatic rings. The monoisotopic (exact) mass is 336 g/mol. The summed E-state index contributed by atoms with van der Waals surface area (Å²) in [7, 11) is 0. The van der Waals surface area contributed by atoms with Gasteiger partial charge in [-0.15, -0.1) is 0 Å². The highest BCUT2D eigenvalue weighted by molar-refractivity contribution is 5.34. The van der Waals surface area contributed by atoms with Crippen LogP contribution in [0, 0.1) is 5.92 Å². The minimum absolute atomic E-state index is 0.495. The Bertz CT molecular complexity index is 705. The van der Waals surface area contributed by atoms with Crippen LogP contribution < -0.4 is 0 Å². The van der Waals surface area contributed by atoms with Gasteiger partial charge in [-0.3, -0.25) is 9.88 Å². The highest BCUT2D eigenvalue weighted by Gasteiger charge is 2.32. The number of hydrogen-bond donors (Lipinski definition) is 0. The van der Waals surface area contributed by atoms with E-state index in [0.29, 0.717) is 23.8 Å². The maximum absolute atomic E-state index is 4.72. The molecule has 0 bridgehead atoms. The van der Waals surface area contributed by atoms with Crippen LogP contribution in [0.25, 0.3) is 0 Å². The van der Waals surface area contributed by atoms with Gasteiger partial charge in [0, 0.05) is 24.5 Å². The van der Waals surface area contributed by atoms with Crippen LogP contribution in [0.15, 0.2) is 42.6 Å². The van der Waals surface area contributed by atoms with Crippen LogP contribution in [-0.4, -0.2) is 16.4 Å². The number of hydrogen-bond acceptors (Lipinski definition) is 2. The Morgan fingerprint density at radius 3 is 2.52 bits per heavy atom. The number of fused-ring (bicyclic) bond motifs is 1. The second-order valence-corrected chi connectivity index (χ2v) is 8.18. The molecule has 0 aliphatic carbocycles. The van der Waals surface area contributed by atoms with Crippen molar-refractivity contribution in [1.29, 1.82) is 0 Å². The third kappa shape index (κ3) is 3.79. The molecule has 1 aliphatic heterocycles. The van der Waals surface area contributed by atoms with E-state index in [1.807, 2.05) is 6.20 Å². The van der Waals surface area contributed by atoms with Gasteiger partial charge >= 0.3 is 0 Å². The summed E-state index contributed by atoms with van der Waals surface area (Å²) in [5, 5.41) is 0. The second-order valence-electron chi connectivity index (χ2n) is 8.18. The lowest BCUT2D eigenvalue weighted by Gasteiger charge is -2.29. The Morgan fingerprint density at radius 2 is 1.80 bits per heavy atom. The number of nitrogens with zero attached hydrogens (tertiary/aromatic N) is 2. The van der Waals surface area contributed by atoms with Crippen LogP contribution in [0.1, 0.15) is 81.3 Å². The molecule has 2 heteroatoms. The summed E-state index contributed by atoms with van der Waals surface area (Å²) in [6.07, 6.45) is 3.11. The molecule has 1 aromatic heterocycles. The molecule has 0 spiro atoms. The van der Waals surface area contributed by atoms with Gasteiger partial charge in [-0.25, -0.2) is 0 Å². The summed E-state index contributed by atoms with van der Waals surface area (Å²) in [6.45, 7) is 13.8. The molecule has 2 heterocycles. The molecule has 0 radical (unpaired) electrons. The predicted octanol–water partition coefficient (Wildman–Crippen LogP) is 5.91. The van der Waals surface area contributed by atoms with Gasteiger partial charge in [-0.05, 0) is 53.5 Å². The first kappa shape index (κ1) is 18.1. The largest absolute Gasteiger partial charge is 0.292 e. The van der Waals surface area contributed by atoms with Crippen molar-refractivity contribution in [3.05, 3.63) is 65.0 Å². The van der Waals surface area contributed by atoms with Gasteiger partial charge in [0.05, 0.1) is 0 Å². The fraction of sp³-hybridized carbons (Fsp3) is 0.522. The zero-order valence-corrected chi connectivity index (χ0v) is 16.4. The molecule has 2 atom stereocenters. The van der Waals surface area contributed by atoms with Crippen molar-refractivity contribution < 1.29 is 0 Å². The lowest BCUT2D eigenvalue weighted by molar-refractivity contribution is 0.167. The van der Waals surface area contributed by atoms with E-state index in [2.05, 4.69) is 75.9 Å². The predicted molar refractivity (Wildman–Crippen MR) is 106 cm³/mol. The fourth-order valence-corrected chi connectivity index (χ4v) is 4.31. The topological polar surface area (TPSA) is 16.1 Å². The molecular formula is C23H32N2. The molecule has 2 nitrogen and oxygen atoms in total. The molecule has 0 N–H and O–H groups in total. The lowest BCUT2D eigenvalue weighted by Crippen LogP contribution is -2.27. The van der Waals surface area contributed by atoms with E-state index in [1.165, 1.54) is 22.4 Å². The second kappa shape index (κ2) is 7.70. The van der Waals surface area contributed by atoms with Crippen molar-refractivity contribution in [3.8, 4) is 0 Å². The fourth-order valence-electron chi connectivity index (χ4n) is 4.31. The van der Waals surface area contributed by atoms with Crippen LogP contribution >= 0.6 is 0 Å². The summed E-state index contributed by atoms with van der Waals surface area (Å²) in [5.74, 6) is 1.67. The van der Waals surface area contributed by atoms with Gasteiger partial charge in [-0.1, -0.05) is 65.0 Å². The summed E-state index contributed by atoms with van der Waals surface area (Å²) >= 11 is 0. The van der Waals surface area contributed by atoms with Gasteiger partial charge in [0.25, 0.3) is 0 Å². The first-order chi connectivity index (χ1) is 12.0. The van der Waals surface area contributed by atoms with Crippen molar-refractivity contribution in [1.82, 2.24) is 9.88 Å². The summed E-state index contributed by atoms with van der Waals surface area (Å²) in [6, 6.07) is 13.8. The average Bonchev–Trinajstić information content (AvgIpc) is 2.98. The van der Waals surface area contributed by atoms with E-state index in [4.69, 9.17) is 4.98 Å². The summed E-state index contributed by atoms with van der Waals surface area (Å²) in [4.78, 5) is 7.39. The van der Waals surface area contributed by atoms with Crippen molar-refractivity contribution in [2.24, 2.45) is 5.92 Å². The Balaban J connectivity index is 1.72. The first-order valence-electron chi connectivity index (χ1n) is 9.75. The lowest BCUT2D eigenvalue weighted by atomic mass is 9.92. The normalized spacial score (nSPS) is 18.8. The molecule has 25 heavy (non-hydrogen) atoms. The standard InChI is InChI=1S/C23H32N2/c1-16(2)20-11-8-13-24-22(20)18(5)12-14-25-15-19-9-6-7-10-21(19)23(25)17(3)4/h6-11,13,16-18,23H,12,14-15H2,1-5H3. The minimum atomic E-state index is 0.495. The minimum Gasteiger partial charge on any atom is -0.292 e. The van der Waals surface area contributed by atoms with E-state index >= 15 is 0 Å². The SMILES string of the molecule is CC(C)c1cccnc1C(C)CCN1Cc2ccccc2C1C(C)C. The maximum atomic E-state index is 4.72. The number of benzene rings is 1. The van der Waals surface area contributed by atoms with E-state index in [1.54, 1.807) is 0 Å². The maximum Gasteiger partial charge on any atom is 0.0466 e. The van der Waals surface area contributed by atoms with Crippen molar-refractivity contribution >= 4 is 0 Å². The molecule has 0 amide bonds. The van der Waals surface area contributed by atoms with Crippen LogP contribution in [-0.2, 0) is 6.54 Å². The zero-order chi connectivity index (χ0) is 18.0. The van der Waals surface area contributed by atoms with Gasteiger partial charge in [0.15, 0.2) is 0 Å². The molecule has 0 saturated heterocycles. The van der Waals surface area contributed by atoms with E-state index in [9.17, 15) is 0 Å². The van der Waals surface area contributed by atoms with Crippen LogP contribution in [0.5, 0.6) is 0 Å². The first-order valence-corrected chi connectivity index (χ1v) is 9.75. The Morgan fingerprint density at radius 1 is 1.04 bits per heavy atom. The highest BCUT2D eigenvalue weighted by atomic mass is 15.2. The molecule has 0 saturated carbocycles. The molecule has 0 fully saturated rings. The van der Waals surface area contributed by atoms with Crippen LogP contribution in [0.2, 0.25) is 0 Å². The molecule has 2 unspecified atom stereocenters. The van der Waals surface area contributed by atoms with E-state index < -0.39 is 0 Å². The molecule has 2 aromatic rings. The van der Waals surface area contributed by atoms with Gasteiger partial charge in [-0.2, -0.15) is 0 Å². The molecular weight excluding hydrogens is 304 g/mol. The third-order valence-electron chi connectivity index (χ3n) is 5.58. The quantitative estimate of drug-likeness (QED) is 0.651. The van der Waals surface area contributed by atoms with Crippen LogP contribution in [0.4, 0.5) is 0 Å². The van der Waals surface area contributed by atoms with Crippen molar-refractivity contribution in [2.45, 2.75) is 65.5 Å². The van der Waals surface area contributed by atoms with Gasteiger partial charge < -0.3 is 0 Å².